The zero-order valence-corrected chi connectivity index (χ0v) is 14.9. The lowest BCUT2D eigenvalue weighted by Crippen LogP contribution is -2.24. The standard InChI is InChI=1S/C19H20N2O5/c1-23-16-8-12(9-17(24-2)19(16)25-3)11-20-18(22)10-14-13-6-4-5-7-15(13)26-21-14/h4-9H,10-11H2,1-3H3,(H,20,22). The predicted molar refractivity (Wildman–Crippen MR) is 95.7 cm³/mol. The van der Waals surface area contributed by atoms with Crippen molar-refractivity contribution in [3.8, 4) is 17.2 Å². The van der Waals surface area contributed by atoms with E-state index in [4.69, 9.17) is 18.7 Å². The summed E-state index contributed by atoms with van der Waals surface area (Å²) >= 11 is 0. The van der Waals surface area contributed by atoms with Gasteiger partial charge in [-0.25, -0.2) is 0 Å². The average molecular weight is 356 g/mol. The number of hydrogen-bond acceptors (Lipinski definition) is 6. The first kappa shape index (κ1) is 17.6. The molecule has 26 heavy (non-hydrogen) atoms. The van der Waals surface area contributed by atoms with Crippen LogP contribution in [0.2, 0.25) is 0 Å². The summed E-state index contributed by atoms with van der Waals surface area (Å²) < 4.78 is 21.2. The summed E-state index contributed by atoms with van der Waals surface area (Å²) in [6, 6.07) is 11.0. The third-order valence-corrected chi connectivity index (χ3v) is 3.99. The topological polar surface area (TPSA) is 82.8 Å². The molecule has 0 atom stereocenters. The van der Waals surface area contributed by atoms with Crippen LogP contribution in [0.15, 0.2) is 40.9 Å². The van der Waals surface area contributed by atoms with Crippen LogP contribution >= 0.6 is 0 Å². The van der Waals surface area contributed by atoms with Gasteiger partial charge in [-0.2, -0.15) is 0 Å². The highest BCUT2D eigenvalue weighted by molar-refractivity contribution is 5.86. The van der Waals surface area contributed by atoms with Crippen molar-refractivity contribution < 1.29 is 23.5 Å². The smallest absolute Gasteiger partial charge is 0.226 e. The number of aromatic nitrogens is 1. The summed E-state index contributed by atoms with van der Waals surface area (Å²) in [6.07, 6.45) is 0.140. The number of ether oxygens (including phenoxy) is 3. The highest BCUT2D eigenvalue weighted by Crippen LogP contribution is 2.38. The number of carbonyl (C=O) groups excluding carboxylic acids is 1. The van der Waals surface area contributed by atoms with Crippen LogP contribution < -0.4 is 19.5 Å². The molecule has 1 amide bonds. The van der Waals surface area contributed by atoms with Gasteiger partial charge >= 0.3 is 0 Å². The summed E-state index contributed by atoms with van der Waals surface area (Å²) in [5.41, 5.74) is 2.11. The number of hydrogen-bond donors (Lipinski definition) is 1. The second-order valence-electron chi connectivity index (χ2n) is 5.61. The van der Waals surface area contributed by atoms with E-state index < -0.39 is 0 Å². The van der Waals surface area contributed by atoms with Crippen molar-refractivity contribution in [2.75, 3.05) is 21.3 Å². The number of amides is 1. The maximum Gasteiger partial charge on any atom is 0.226 e. The fourth-order valence-corrected chi connectivity index (χ4v) is 2.72. The van der Waals surface area contributed by atoms with Gasteiger partial charge in [0.1, 0.15) is 5.69 Å². The maximum atomic E-state index is 12.3. The molecule has 1 heterocycles. The van der Waals surface area contributed by atoms with Crippen LogP contribution in [0, 0.1) is 0 Å². The molecule has 3 rings (SSSR count). The molecule has 0 radical (unpaired) electrons. The second-order valence-corrected chi connectivity index (χ2v) is 5.61. The quantitative estimate of drug-likeness (QED) is 0.701. The Hall–Kier alpha value is -3.22. The van der Waals surface area contributed by atoms with Crippen molar-refractivity contribution in [3.05, 3.63) is 47.7 Å². The lowest BCUT2D eigenvalue weighted by atomic mass is 10.1. The number of fused-ring (bicyclic) bond motifs is 1. The molecule has 0 aliphatic rings. The highest BCUT2D eigenvalue weighted by atomic mass is 16.5. The van der Waals surface area contributed by atoms with Gasteiger partial charge in [0.05, 0.1) is 27.8 Å². The molecule has 7 heteroatoms. The van der Waals surface area contributed by atoms with Gasteiger partial charge in [0.25, 0.3) is 0 Å². The zero-order valence-electron chi connectivity index (χ0n) is 14.9. The molecular weight excluding hydrogens is 336 g/mol. The van der Waals surface area contributed by atoms with E-state index in [1.807, 2.05) is 24.3 Å². The Labute approximate surface area is 150 Å². The minimum Gasteiger partial charge on any atom is -0.493 e. The van der Waals surface area contributed by atoms with Crippen LogP contribution in [0.5, 0.6) is 17.2 Å². The van der Waals surface area contributed by atoms with Crippen molar-refractivity contribution >= 4 is 16.9 Å². The first-order chi connectivity index (χ1) is 12.7. The molecule has 0 aliphatic carbocycles. The van der Waals surface area contributed by atoms with Gasteiger partial charge < -0.3 is 24.1 Å². The molecule has 1 N–H and O–H groups in total. The molecular formula is C19H20N2O5. The number of methoxy groups -OCH3 is 3. The molecule has 3 aromatic rings. The van der Waals surface area contributed by atoms with Gasteiger partial charge in [0.2, 0.25) is 11.7 Å². The largest absolute Gasteiger partial charge is 0.493 e. The maximum absolute atomic E-state index is 12.3. The van der Waals surface area contributed by atoms with Gasteiger partial charge in [-0.1, -0.05) is 17.3 Å². The Bertz CT molecular complexity index is 894. The lowest BCUT2D eigenvalue weighted by Gasteiger charge is -2.14. The molecule has 2 aromatic carbocycles. The number of nitrogens with one attached hydrogen (secondary N) is 1. The minimum atomic E-state index is -0.155. The third kappa shape index (κ3) is 3.56. The first-order valence-corrected chi connectivity index (χ1v) is 8.05. The minimum absolute atomic E-state index is 0.140. The summed E-state index contributed by atoms with van der Waals surface area (Å²) in [7, 11) is 4.65. The number of para-hydroxylation sites is 1. The van der Waals surface area contributed by atoms with Gasteiger partial charge in [-0.3, -0.25) is 4.79 Å². The monoisotopic (exact) mass is 356 g/mol. The fourth-order valence-electron chi connectivity index (χ4n) is 2.72. The van der Waals surface area contributed by atoms with E-state index in [0.717, 1.165) is 10.9 Å². The normalized spacial score (nSPS) is 10.6. The van der Waals surface area contributed by atoms with E-state index in [-0.39, 0.29) is 12.3 Å². The van der Waals surface area contributed by atoms with Crippen LogP contribution in [0.4, 0.5) is 0 Å². The van der Waals surface area contributed by atoms with Gasteiger partial charge in [0, 0.05) is 11.9 Å². The van der Waals surface area contributed by atoms with Gasteiger partial charge in [-0.15, -0.1) is 0 Å². The van der Waals surface area contributed by atoms with Crippen LogP contribution in [0.1, 0.15) is 11.3 Å². The van der Waals surface area contributed by atoms with E-state index in [2.05, 4.69) is 10.5 Å². The molecule has 0 aliphatic heterocycles. The van der Waals surface area contributed by atoms with E-state index in [0.29, 0.717) is 35.1 Å². The van der Waals surface area contributed by atoms with Crippen LogP contribution in [0.3, 0.4) is 0 Å². The SMILES string of the molecule is COc1cc(CNC(=O)Cc2noc3ccccc23)cc(OC)c1OC. The van der Waals surface area contributed by atoms with Crippen LogP contribution in [0.25, 0.3) is 11.0 Å². The first-order valence-electron chi connectivity index (χ1n) is 8.05. The van der Waals surface area contributed by atoms with Crippen molar-refractivity contribution in [2.45, 2.75) is 13.0 Å². The molecule has 0 spiro atoms. The second kappa shape index (κ2) is 7.77. The van der Waals surface area contributed by atoms with Gasteiger partial charge in [-0.05, 0) is 29.8 Å². The van der Waals surface area contributed by atoms with Gasteiger partial charge in [0.15, 0.2) is 17.1 Å². The Morgan fingerprint density at radius 3 is 2.42 bits per heavy atom. The molecule has 0 bridgehead atoms. The summed E-state index contributed by atoms with van der Waals surface area (Å²) in [6.45, 7) is 0.325. The van der Waals surface area contributed by atoms with Crippen LogP contribution in [-0.2, 0) is 17.8 Å². The van der Waals surface area contributed by atoms with Crippen molar-refractivity contribution in [1.29, 1.82) is 0 Å². The van der Waals surface area contributed by atoms with Crippen molar-refractivity contribution in [2.24, 2.45) is 0 Å². The molecule has 7 nitrogen and oxygen atoms in total. The zero-order chi connectivity index (χ0) is 18.5. The summed E-state index contributed by atoms with van der Waals surface area (Å²) in [5, 5.41) is 7.69. The Kier molecular flexibility index (Phi) is 5.26. The molecule has 0 saturated carbocycles. The van der Waals surface area contributed by atoms with E-state index in [1.165, 1.54) is 0 Å². The van der Waals surface area contributed by atoms with E-state index in [9.17, 15) is 4.79 Å². The third-order valence-electron chi connectivity index (χ3n) is 3.99. The fraction of sp³-hybridized carbons (Fsp3) is 0.263. The number of benzene rings is 2. The average Bonchev–Trinajstić information content (AvgIpc) is 3.08. The van der Waals surface area contributed by atoms with E-state index >= 15 is 0 Å². The predicted octanol–water partition coefficient (Wildman–Crippen LogP) is 2.71. The van der Waals surface area contributed by atoms with Crippen molar-refractivity contribution in [3.63, 3.8) is 0 Å². The number of carbonyl (C=O) groups is 1. The Balaban J connectivity index is 1.69. The molecule has 0 saturated heterocycles. The number of rotatable bonds is 7. The molecule has 0 unspecified atom stereocenters. The molecule has 136 valence electrons. The van der Waals surface area contributed by atoms with Crippen molar-refractivity contribution in [1.82, 2.24) is 10.5 Å². The Morgan fingerprint density at radius 2 is 1.77 bits per heavy atom. The summed E-state index contributed by atoms with van der Waals surface area (Å²) in [4.78, 5) is 12.3. The number of nitrogens with zero attached hydrogens (tertiary/aromatic N) is 1. The van der Waals surface area contributed by atoms with E-state index in [1.54, 1.807) is 33.5 Å². The Morgan fingerprint density at radius 1 is 1.08 bits per heavy atom. The lowest BCUT2D eigenvalue weighted by molar-refractivity contribution is -0.120. The summed E-state index contributed by atoms with van der Waals surface area (Å²) in [5.74, 6) is 1.44. The molecule has 1 aromatic heterocycles. The highest BCUT2D eigenvalue weighted by Gasteiger charge is 2.15. The van der Waals surface area contributed by atoms with Crippen LogP contribution in [-0.4, -0.2) is 32.4 Å². The molecule has 0 fully saturated rings.